The third-order valence-corrected chi connectivity index (χ3v) is 4.16. The number of rotatable bonds is 5. The third-order valence-electron chi connectivity index (χ3n) is 4.16. The van der Waals surface area contributed by atoms with Gasteiger partial charge in [0, 0.05) is 18.8 Å². The van der Waals surface area contributed by atoms with Gasteiger partial charge < -0.3 is 14.4 Å². The van der Waals surface area contributed by atoms with Crippen molar-refractivity contribution in [3.05, 3.63) is 54.1 Å². The molecule has 24 heavy (non-hydrogen) atoms. The molecule has 0 aliphatic carbocycles. The smallest absolute Gasteiger partial charge is 0.161 e. The molecule has 0 unspecified atom stereocenters. The van der Waals surface area contributed by atoms with E-state index in [1.165, 1.54) is 5.69 Å². The van der Waals surface area contributed by atoms with Crippen molar-refractivity contribution in [1.29, 1.82) is 0 Å². The zero-order chi connectivity index (χ0) is 16.8. The summed E-state index contributed by atoms with van der Waals surface area (Å²) in [5.74, 6) is 1.45. The Labute approximate surface area is 143 Å². The Hall–Kier alpha value is -2.69. The molecule has 126 valence electrons. The van der Waals surface area contributed by atoms with E-state index in [0.29, 0.717) is 0 Å². The summed E-state index contributed by atoms with van der Waals surface area (Å²) >= 11 is 0. The van der Waals surface area contributed by atoms with Gasteiger partial charge in [0.15, 0.2) is 11.5 Å². The van der Waals surface area contributed by atoms with E-state index >= 15 is 0 Å². The molecule has 1 aliphatic heterocycles. The minimum Gasteiger partial charge on any atom is -0.493 e. The Balaban J connectivity index is 1.59. The highest BCUT2D eigenvalue weighted by Gasteiger charge is 2.15. The van der Waals surface area contributed by atoms with Gasteiger partial charge in [0.25, 0.3) is 0 Å². The van der Waals surface area contributed by atoms with Gasteiger partial charge in [-0.15, -0.1) is 0 Å². The molecule has 0 radical (unpaired) electrons. The molecule has 0 aromatic heterocycles. The molecule has 3 rings (SSSR count). The average Bonchev–Trinajstić information content (AvgIpc) is 2.67. The van der Waals surface area contributed by atoms with Crippen LogP contribution >= 0.6 is 0 Å². The Bertz CT molecular complexity index is 680. The predicted octanol–water partition coefficient (Wildman–Crippen LogP) is 2.86. The summed E-state index contributed by atoms with van der Waals surface area (Å²) in [6.45, 7) is 3.79. The topological polar surface area (TPSA) is 37.3 Å². The van der Waals surface area contributed by atoms with Crippen LogP contribution in [0, 0.1) is 0 Å². The van der Waals surface area contributed by atoms with Crippen LogP contribution in [0.4, 0.5) is 5.69 Å². The third kappa shape index (κ3) is 3.79. The number of methoxy groups -OCH3 is 2. The zero-order valence-corrected chi connectivity index (χ0v) is 14.2. The van der Waals surface area contributed by atoms with Crippen LogP contribution in [-0.2, 0) is 0 Å². The summed E-state index contributed by atoms with van der Waals surface area (Å²) in [7, 11) is 3.28. The van der Waals surface area contributed by atoms with Crippen LogP contribution in [0.15, 0.2) is 53.6 Å². The van der Waals surface area contributed by atoms with Gasteiger partial charge >= 0.3 is 0 Å². The van der Waals surface area contributed by atoms with Crippen molar-refractivity contribution in [2.24, 2.45) is 5.10 Å². The largest absolute Gasteiger partial charge is 0.493 e. The first-order chi connectivity index (χ1) is 11.8. The molecule has 0 N–H and O–H groups in total. The standard InChI is InChI=1S/C19H23N3O2/c1-23-18-9-8-16(14-19(18)24-2)15-20-22-12-10-21(11-13-22)17-6-4-3-5-7-17/h3-9,14-15H,10-13H2,1-2H3/b20-15+. The Morgan fingerprint density at radius 2 is 1.58 bits per heavy atom. The lowest BCUT2D eigenvalue weighted by atomic mass is 10.2. The molecular formula is C19H23N3O2. The molecule has 1 heterocycles. The lowest BCUT2D eigenvalue weighted by molar-refractivity contribution is 0.272. The van der Waals surface area contributed by atoms with Crippen LogP contribution < -0.4 is 14.4 Å². The molecule has 0 spiro atoms. The van der Waals surface area contributed by atoms with E-state index < -0.39 is 0 Å². The Morgan fingerprint density at radius 3 is 2.25 bits per heavy atom. The van der Waals surface area contributed by atoms with Crippen LogP contribution in [0.5, 0.6) is 11.5 Å². The first-order valence-electron chi connectivity index (χ1n) is 8.11. The normalized spacial score (nSPS) is 14.9. The van der Waals surface area contributed by atoms with Crippen LogP contribution in [0.3, 0.4) is 0 Å². The molecular weight excluding hydrogens is 302 g/mol. The molecule has 0 atom stereocenters. The second-order valence-electron chi connectivity index (χ2n) is 5.64. The first-order valence-corrected chi connectivity index (χ1v) is 8.11. The summed E-state index contributed by atoms with van der Waals surface area (Å²) in [6.07, 6.45) is 1.88. The highest BCUT2D eigenvalue weighted by atomic mass is 16.5. The fourth-order valence-electron chi connectivity index (χ4n) is 2.79. The molecule has 2 aromatic carbocycles. The average molecular weight is 325 g/mol. The fraction of sp³-hybridized carbons (Fsp3) is 0.316. The van der Waals surface area contributed by atoms with Crippen molar-refractivity contribution in [3.63, 3.8) is 0 Å². The number of nitrogens with zero attached hydrogens (tertiary/aromatic N) is 3. The number of anilines is 1. The van der Waals surface area contributed by atoms with Gasteiger partial charge in [0.1, 0.15) is 0 Å². The first kappa shape index (κ1) is 16.2. The van der Waals surface area contributed by atoms with Gasteiger partial charge in [0.05, 0.1) is 33.5 Å². The number of hydrazone groups is 1. The molecule has 5 nitrogen and oxygen atoms in total. The maximum Gasteiger partial charge on any atom is 0.161 e. The van der Waals surface area contributed by atoms with Crippen molar-refractivity contribution in [2.45, 2.75) is 0 Å². The summed E-state index contributed by atoms with van der Waals surface area (Å²) in [5, 5.41) is 6.71. The number of hydrogen-bond acceptors (Lipinski definition) is 5. The van der Waals surface area contributed by atoms with Crippen molar-refractivity contribution < 1.29 is 9.47 Å². The minimum absolute atomic E-state index is 0.718. The van der Waals surface area contributed by atoms with Gasteiger partial charge in [-0.05, 0) is 35.9 Å². The lowest BCUT2D eigenvalue weighted by Crippen LogP contribution is -2.44. The summed E-state index contributed by atoms with van der Waals surface area (Å²) < 4.78 is 10.6. The van der Waals surface area contributed by atoms with Crippen molar-refractivity contribution in [2.75, 3.05) is 45.3 Å². The maximum atomic E-state index is 5.32. The molecule has 1 fully saturated rings. The van der Waals surface area contributed by atoms with E-state index in [1.807, 2.05) is 30.5 Å². The van der Waals surface area contributed by atoms with E-state index in [9.17, 15) is 0 Å². The van der Waals surface area contributed by atoms with Crippen molar-refractivity contribution in [3.8, 4) is 11.5 Å². The van der Waals surface area contributed by atoms with E-state index in [4.69, 9.17) is 9.47 Å². The number of hydrogen-bond donors (Lipinski definition) is 0. The summed E-state index contributed by atoms with van der Waals surface area (Å²) in [4.78, 5) is 2.39. The summed E-state index contributed by atoms with van der Waals surface area (Å²) in [5.41, 5.74) is 2.28. The van der Waals surface area contributed by atoms with Gasteiger partial charge in [0.2, 0.25) is 0 Å². The van der Waals surface area contributed by atoms with Gasteiger partial charge in [-0.3, -0.25) is 5.01 Å². The second-order valence-corrected chi connectivity index (χ2v) is 5.64. The van der Waals surface area contributed by atoms with Gasteiger partial charge in [-0.2, -0.15) is 5.10 Å². The molecule has 0 amide bonds. The predicted molar refractivity (Wildman–Crippen MR) is 97.4 cm³/mol. The molecule has 5 heteroatoms. The second kappa shape index (κ2) is 7.73. The van der Waals surface area contributed by atoms with Crippen LogP contribution in [-0.4, -0.2) is 51.6 Å². The van der Waals surface area contributed by atoms with Gasteiger partial charge in [-0.1, -0.05) is 18.2 Å². The lowest BCUT2D eigenvalue weighted by Gasteiger charge is -2.34. The van der Waals surface area contributed by atoms with Crippen molar-refractivity contribution >= 4 is 11.9 Å². The highest BCUT2D eigenvalue weighted by molar-refractivity contribution is 5.80. The molecule has 0 saturated carbocycles. The number of ether oxygens (including phenoxy) is 2. The van der Waals surface area contributed by atoms with E-state index in [1.54, 1.807) is 14.2 Å². The van der Waals surface area contributed by atoms with Gasteiger partial charge in [-0.25, -0.2) is 0 Å². The number of para-hydroxylation sites is 1. The van der Waals surface area contributed by atoms with Crippen molar-refractivity contribution in [1.82, 2.24) is 5.01 Å². The van der Waals surface area contributed by atoms with Crippen LogP contribution in [0.1, 0.15) is 5.56 Å². The summed E-state index contributed by atoms with van der Waals surface area (Å²) in [6, 6.07) is 16.3. The zero-order valence-electron chi connectivity index (χ0n) is 14.2. The highest BCUT2D eigenvalue weighted by Crippen LogP contribution is 2.27. The monoisotopic (exact) mass is 325 g/mol. The molecule has 2 aromatic rings. The maximum absolute atomic E-state index is 5.32. The van der Waals surface area contributed by atoms with E-state index in [0.717, 1.165) is 43.2 Å². The Morgan fingerprint density at radius 1 is 0.875 bits per heavy atom. The minimum atomic E-state index is 0.718. The Kier molecular flexibility index (Phi) is 5.21. The fourth-order valence-corrected chi connectivity index (χ4v) is 2.79. The number of piperazine rings is 1. The molecule has 1 saturated heterocycles. The molecule has 1 aliphatic rings. The number of benzene rings is 2. The van der Waals surface area contributed by atoms with Crippen LogP contribution in [0.25, 0.3) is 0 Å². The SMILES string of the molecule is COc1ccc(/C=N/N2CCN(c3ccccc3)CC2)cc1OC. The molecule has 0 bridgehead atoms. The quantitative estimate of drug-likeness (QED) is 0.792. The van der Waals surface area contributed by atoms with E-state index in [-0.39, 0.29) is 0 Å². The van der Waals surface area contributed by atoms with E-state index in [2.05, 4.69) is 39.3 Å². The van der Waals surface area contributed by atoms with Crippen LogP contribution in [0.2, 0.25) is 0 Å².